The maximum atomic E-state index is 5.67. The van der Waals surface area contributed by atoms with Gasteiger partial charge in [-0.25, -0.2) is 0 Å². The Kier molecular flexibility index (Phi) is 6.18. The van der Waals surface area contributed by atoms with Crippen molar-refractivity contribution in [2.24, 2.45) is 0 Å². The van der Waals surface area contributed by atoms with Gasteiger partial charge in [-0.05, 0) is 61.5 Å². The zero-order valence-corrected chi connectivity index (χ0v) is 18.8. The van der Waals surface area contributed by atoms with E-state index in [0.29, 0.717) is 18.3 Å². The van der Waals surface area contributed by atoms with E-state index in [1.165, 1.54) is 16.3 Å². The first-order chi connectivity index (χ1) is 15.1. The minimum absolute atomic E-state index is 0.503. The highest BCUT2D eigenvalue weighted by Crippen LogP contribution is 2.26. The van der Waals surface area contributed by atoms with E-state index in [-0.39, 0.29) is 0 Å². The molecule has 0 aliphatic rings. The van der Waals surface area contributed by atoms with Crippen molar-refractivity contribution in [3.63, 3.8) is 0 Å². The lowest BCUT2D eigenvalue weighted by Gasteiger charge is -2.14. The quantitative estimate of drug-likeness (QED) is 0.373. The van der Waals surface area contributed by atoms with Gasteiger partial charge >= 0.3 is 0 Å². The molecule has 0 saturated heterocycles. The summed E-state index contributed by atoms with van der Waals surface area (Å²) in [5, 5.41) is 14.3. The van der Waals surface area contributed by atoms with E-state index in [1.807, 2.05) is 42.8 Å². The summed E-state index contributed by atoms with van der Waals surface area (Å²) >= 11 is 5.57. The van der Waals surface area contributed by atoms with Gasteiger partial charge in [0.1, 0.15) is 5.75 Å². The molecule has 5 nitrogen and oxygen atoms in total. The summed E-state index contributed by atoms with van der Waals surface area (Å²) in [4.78, 5) is 0. The third-order valence-corrected chi connectivity index (χ3v) is 5.46. The fourth-order valence-electron chi connectivity index (χ4n) is 3.74. The summed E-state index contributed by atoms with van der Waals surface area (Å²) in [5.41, 5.74) is 4.93. The third-order valence-electron chi connectivity index (χ3n) is 5.26. The van der Waals surface area contributed by atoms with Gasteiger partial charge in [0.2, 0.25) is 0 Å². The topological polar surface area (TPSA) is 51.1 Å². The molecule has 1 aromatic heterocycles. The number of nitrogens with zero attached hydrogens (tertiary/aromatic N) is 2. The van der Waals surface area contributed by atoms with E-state index >= 15 is 0 Å². The summed E-state index contributed by atoms with van der Waals surface area (Å²) in [7, 11) is 0. The molecule has 1 heterocycles. The second kappa shape index (κ2) is 9.18. The number of benzene rings is 3. The molecule has 0 fully saturated rings. The molecule has 0 atom stereocenters. The Morgan fingerprint density at radius 3 is 2.55 bits per heavy atom. The molecule has 0 spiro atoms. The smallest absolute Gasteiger partial charge is 0.175 e. The Bertz CT molecular complexity index is 1230. The van der Waals surface area contributed by atoms with Gasteiger partial charge in [-0.3, -0.25) is 4.68 Å². The van der Waals surface area contributed by atoms with Crippen LogP contribution in [-0.4, -0.2) is 21.5 Å². The largest absolute Gasteiger partial charge is 0.492 e. The van der Waals surface area contributed by atoms with Crippen LogP contribution < -0.4 is 15.4 Å². The van der Waals surface area contributed by atoms with E-state index in [0.717, 1.165) is 28.5 Å². The maximum absolute atomic E-state index is 5.67. The monoisotopic (exact) mass is 430 g/mol. The van der Waals surface area contributed by atoms with Gasteiger partial charge in [-0.15, -0.1) is 0 Å². The third kappa shape index (κ3) is 4.54. The number of rotatable bonds is 6. The summed E-state index contributed by atoms with van der Waals surface area (Å²) in [6, 6.07) is 22.6. The number of fused-ring (bicyclic) bond motifs is 1. The zero-order chi connectivity index (χ0) is 21.8. The van der Waals surface area contributed by atoms with E-state index in [1.54, 1.807) is 0 Å². The summed E-state index contributed by atoms with van der Waals surface area (Å²) in [5.74, 6) is 0.772. The SMILES string of the molecule is CCOc1ccccc1NC(=S)Nc1c(C)nn(Cc2cccc3ccccc23)c1C. The van der Waals surface area contributed by atoms with Crippen molar-refractivity contribution in [1.82, 2.24) is 9.78 Å². The number of aromatic nitrogens is 2. The second-order valence-corrected chi connectivity index (χ2v) is 7.76. The average Bonchev–Trinajstić information content (AvgIpc) is 3.03. The lowest BCUT2D eigenvalue weighted by molar-refractivity contribution is 0.342. The fraction of sp³-hybridized carbons (Fsp3) is 0.200. The molecule has 0 bridgehead atoms. The van der Waals surface area contributed by atoms with Gasteiger partial charge in [0.05, 0.1) is 35.9 Å². The molecule has 0 aliphatic heterocycles. The van der Waals surface area contributed by atoms with E-state index < -0.39 is 0 Å². The average molecular weight is 431 g/mol. The van der Waals surface area contributed by atoms with Crippen molar-refractivity contribution in [3.8, 4) is 5.75 Å². The van der Waals surface area contributed by atoms with Crippen LogP contribution in [0.4, 0.5) is 11.4 Å². The van der Waals surface area contributed by atoms with Crippen LogP contribution in [0.15, 0.2) is 66.7 Å². The Morgan fingerprint density at radius 2 is 1.71 bits per heavy atom. The van der Waals surface area contributed by atoms with Crippen LogP contribution in [0, 0.1) is 13.8 Å². The standard InChI is InChI=1S/C25H26N4OS/c1-4-30-23-15-8-7-14-22(23)26-25(31)27-24-17(2)28-29(18(24)3)16-20-12-9-11-19-10-5-6-13-21(19)20/h5-15H,4,16H2,1-3H3,(H2,26,27,31). The lowest BCUT2D eigenvalue weighted by atomic mass is 10.0. The second-order valence-electron chi connectivity index (χ2n) is 7.35. The number of thiocarbonyl (C=S) groups is 1. The number of aryl methyl sites for hydroxylation is 1. The molecule has 0 unspecified atom stereocenters. The Hall–Kier alpha value is -3.38. The summed E-state index contributed by atoms with van der Waals surface area (Å²) < 4.78 is 7.70. The molecule has 158 valence electrons. The van der Waals surface area contributed by atoms with E-state index in [4.69, 9.17) is 22.1 Å². The molecule has 0 amide bonds. The number of nitrogens with one attached hydrogen (secondary N) is 2. The molecular weight excluding hydrogens is 404 g/mol. The number of para-hydroxylation sites is 2. The molecule has 0 saturated carbocycles. The predicted molar refractivity (Wildman–Crippen MR) is 132 cm³/mol. The van der Waals surface area contributed by atoms with Gasteiger partial charge < -0.3 is 15.4 Å². The molecule has 4 rings (SSSR count). The van der Waals surface area contributed by atoms with Crippen LogP contribution in [0.5, 0.6) is 5.75 Å². The van der Waals surface area contributed by atoms with Crippen molar-refractivity contribution in [3.05, 3.63) is 83.7 Å². The van der Waals surface area contributed by atoms with Gasteiger partial charge in [0, 0.05) is 0 Å². The van der Waals surface area contributed by atoms with Crippen molar-refractivity contribution < 1.29 is 4.74 Å². The fourth-order valence-corrected chi connectivity index (χ4v) is 3.95. The van der Waals surface area contributed by atoms with Crippen LogP contribution in [-0.2, 0) is 6.54 Å². The van der Waals surface area contributed by atoms with E-state index in [2.05, 4.69) is 60.0 Å². The van der Waals surface area contributed by atoms with Crippen molar-refractivity contribution in [2.75, 3.05) is 17.2 Å². The van der Waals surface area contributed by atoms with Crippen molar-refractivity contribution in [1.29, 1.82) is 0 Å². The van der Waals surface area contributed by atoms with Crippen LogP contribution in [0.1, 0.15) is 23.9 Å². The molecule has 31 heavy (non-hydrogen) atoms. The van der Waals surface area contributed by atoms with Gasteiger partial charge in [0.15, 0.2) is 5.11 Å². The highest BCUT2D eigenvalue weighted by molar-refractivity contribution is 7.80. The number of hydrogen-bond acceptors (Lipinski definition) is 3. The van der Waals surface area contributed by atoms with Crippen LogP contribution >= 0.6 is 12.2 Å². The maximum Gasteiger partial charge on any atom is 0.175 e. The predicted octanol–water partition coefficient (Wildman–Crippen LogP) is 5.91. The number of ether oxygens (including phenoxy) is 1. The molecule has 0 aliphatic carbocycles. The zero-order valence-electron chi connectivity index (χ0n) is 18.0. The lowest BCUT2D eigenvalue weighted by Crippen LogP contribution is -2.20. The first-order valence-electron chi connectivity index (χ1n) is 10.4. The summed E-state index contributed by atoms with van der Waals surface area (Å²) in [6.45, 7) is 7.31. The molecule has 3 aromatic carbocycles. The minimum atomic E-state index is 0.503. The van der Waals surface area contributed by atoms with Gasteiger partial charge in [-0.1, -0.05) is 54.6 Å². The van der Waals surface area contributed by atoms with Crippen molar-refractivity contribution >= 4 is 39.5 Å². The van der Waals surface area contributed by atoms with Crippen LogP contribution in [0.25, 0.3) is 10.8 Å². The Morgan fingerprint density at radius 1 is 0.968 bits per heavy atom. The molecule has 0 radical (unpaired) electrons. The minimum Gasteiger partial charge on any atom is -0.492 e. The Labute approximate surface area is 188 Å². The number of hydrogen-bond donors (Lipinski definition) is 2. The highest BCUT2D eigenvalue weighted by atomic mass is 32.1. The highest BCUT2D eigenvalue weighted by Gasteiger charge is 2.14. The van der Waals surface area contributed by atoms with Gasteiger partial charge in [-0.2, -0.15) is 5.10 Å². The first-order valence-corrected chi connectivity index (χ1v) is 10.8. The molecule has 4 aromatic rings. The Balaban J connectivity index is 1.54. The normalized spacial score (nSPS) is 10.8. The summed E-state index contributed by atoms with van der Waals surface area (Å²) in [6.07, 6.45) is 0. The molecule has 6 heteroatoms. The first kappa shape index (κ1) is 20.9. The van der Waals surface area contributed by atoms with E-state index in [9.17, 15) is 0 Å². The van der Waals surface area contributed by atoms with Gasteiger partial charge in [0.25, 0.3) is 0 Å². The number of anilines is 2. The van der Waals surface area contributed by atoms with Crippen LogP contribution in [0.2, 0.25) is 0 Å². The van der Waals surface area contributed by atoms with Crippen LogP contribution in [0.3, 0.4) is 0 Å². The molecule has 2 N–H and O–H groups in total. The van der Waals surface area contributed by atoms with Crippen molar-refractivity contribution in [2.45, 2.75) is 27.3 Å². The molecular formula is C25H26N4OS.